The van der Waals surface area contributed by atoms with E-state index in [0.717, 1.165) is 47.2 Å². The lowest BCUT2D eigenvalue weighted by Gasteiger charge is -2.35. The predicted molar refractivity (Wildman–Crippen MR) is 99.9 cm³/mol. The van der Waals surface area contributed by atoms with Crippen LogP contribution >= 0.6 is 0 Å². The minimum Gasteiger partial charge on any atom is -0.392 e. The van der Waals surface area contributed by atoms with E-state index in [9.17, 15) is 9.90 Å². The zero-order valence-corrected chi connectivity index (χ0v) is 15.3. The number of aryl methyl sites for hydroxylation is 1. The van der Waals surface area contributed by atoms with E-state index >= 15 is 0 Å². The van der Waals surface area contributed by atoms with Crippen molar-refractivity contribution in [2.24, 2.45) is 0 Å². The summed E-state index contributed by atoms with van der Waals surface area (Å²) in [5.74, 6) is 0.0995. The molecule has 1 fully saturated rings. The van der Waals surface area contributed by atoms with Gasteiger partial charge in [-0.2, -0.15) is 0 Å². The molecule has 1 amide bonds. The van der Waals surface area contributed by atoms with Gasteiger partial charge in [-0.3, -0.25) is 14.7 Å². The third kappa shape index (κ3) is 3.67. The van der Waals surface area contributed by atoms with Crippen molar-refractivity contribution in [1.82, 2.24) is 14.8 Å². The van der Waals surface area contributed by atoms with Gasteiger partial charge in [0.2, 0.25) is 0 Å². The molecule has 5 nitrogen and oxygen atoms in total. The molecule has 0 spiro atoms. The number of hydrogen-bond donors (Lipinski definition) is 1. The van der Waals surface area contributed by atoms with Crippen LogP contribution in [0.4, 0.5) is 0 Å². The van der Waals surface area contributed by atoms with Crippen LogP contribution in [0.25, 0.3) is 10.9 Å². The van der Waals surface area contributed by atoms with Crippen LogP contribution in [0.15, 0.2) is 24.3 Å². The fraction of sp³-hybridized carbons (Fsp3) is 0.500. The SMILES string of the molecule is CCc1nc2ccccc2c(C(=O)N2CCN(C[C@H](C)O)CC2)c1C. The van der Waals surface area contributed by atoms with Gasteiger partial charge >= 0.3 is 0 Å². The number of carbonyl (C=O) groups is 1. The normalized spacial score (nSPS) is 17.0. The van der Waals surface area contributed by atoms with Gasteiger partial charge in [-0.05, 0) is 31.9 Å². The minimum absolute atomic E-state index is 0.0995. The van der Waals surface area contributed by atoms with Gasteiger partial charge < -0.3 is 10.0 Å². The van der Waals surface area contributed by atoms with Gasteiger partial charge in [0.1, 0.15) is 0 Å². The molecule has 0 bridgehead atoms. The molecule has 2 aromatic rings. The Morgan fingerprint density at radius 1 is 1.24 bits per heavy atom. The van der Waals surface area contributed by atoms with Crippen molar-refractivity contribution in [1.29, 1.82) is 0 Å². The van der Waals surface area contributed by atoms with Crippen LogP contribution in [0, 0.1) is 6.92 Å². The van der Waals surface area contributed by atoms with E-state index in [1.54, 1.807) is 6.92 Å². The molecule has 1 aliphatic heterocycles. The highest BCUT2D eigenvalue weighted by molar-refractivity contribution is 6.07. The Morgan fingerprint density at radius 3 is 2.56 bits per heavy atom. The van der Waals surface area contributed by atoms with Crippen molar-refractivity contribution in [3.8, 4) is 0 Å². The second-order valence-electron chi connectivity index (χ2n) is 6.87. The van der Waals surface area contributed by atoms with E-state index in [0.29, 0.717) is 19.6 Å². The molecule has 1 N–H and O–H groups in total. The lowest BCUT2D eigenvalue weighted by atomic mass is 9.99. The summed E-state index contributed by atoms with van der Waals surface area (Å²) in [6, 6.07) is 7.90. The number of aromatic nitrogens is 1. The molecule has 0 aliphatic carbocycles. The summed E-state index contributed by atoms with van der Waals surface area (Å²) in [5, 5.41) is 10.5. The number of fused-ring (bicyclic) bond motifs is 1. The monoisotopic (exact) mass is 341 g/mol. The van der Waals surface area contributed by atoms with Crippen molar-refractivity contribution >= 4 is 16.8 Å². The molecule has 2 heterocycles. The van der Waals surface area contributed by atoms with Gasteiger partial charge in [0, 0.05) is 43.8 Å². The van der Waals surface area contributed by atoms with Crippen LogP contribution in [0.5, 0.6) is 0 Å². The maximum atomic E-state index is 13.3. The maximum absolute atomic E-state index is 13.3. The molecular formula is C20H27N3O2. The maximum Gasteiger partial charge on any atom is 0.254 e. The number of benzene rings is 1. The number of piperazine rings is 1. The highest BCUT2D eigenvalue weighted by atomic mass is 16.3. The summed E-state index contributed by atoms with van der Waals surface area (Å²) in [7, 11) is 0. The molecule has 1 aromatic heterocycles. The molecule has 1 atom stereocenters. The Balaban J connectivity index is 1.89. The van der Waals surface area contributed by atoms with Gasteiger partial charge in [-0.1, -0.05) is 25.1 Å². The van der Waals surface area contributed by atoms with Crippen LogP contribution in [0.1, 0.15) is 35.5 Å². The number of aliphatic hydroxyl groups is 1. The van der Waals surface area contributed by atoms with Gasteiger partial charge in [-0.15, -0.1) is 0 Å². The first-order chi connectivity index (χ1) is 12.0. The van der Waals surface area contributed by atoms with Crippen LogP contribution in [0.2, 0.25) is 0 Å². The Bertz CT molecular complexity index is 765. The number of rotatable bonds is 4. The van der Waals surface area contributed by atoms with E-state index in [2.05, 4.69) is 11.8 Å². The largest absolute Gasteiger partial charge is 0.392 e. The Hall–Kier alpha value is -1.98. The molecule has 1 aromatic carbocycles. The summed E-state index contributed by atoms with van der Waals surface area (Å²) in [5.41, 5.74) is 3.68. The molecular weight excluding hydrogens is 314 g/mol. The molecule has 0 radical (unpaired) electrons. The Kier molecular flexibility index (Phi) is 5.35. The highest BCUT2D eigenvalue weighted by Gasteiger charge is 2.26. The van der Waals surface area contributed by atoms with Gasteiger partial charge in [0.15, 0.2) is 0 Å². The molecule has 0 saturated carbocycles. The third-order valence-corrected chi connectivity index (χ3v) is 4.97. The second-order valence-corrected chi connectivity index (χ2v) is 6.87. The zero-order chi connectivity index (χ0) is 18.0. The number of nitrogens with zero attached hydrogens (tertiary/aromatic N) is 3. The predicted octanol–water partition coefficient (Wildman–Crippen LogP) is 2.24. The minimum atomic E-state index is -0.333. The van der Waals surface area contributed by atoms with E-state index in [4.69, 9.17) is 4.98 Å². The van der Waals surface area contributed by atoms with Gasteiger partial charge in [0.05, 0.1) is 17.2 Å². The van der Waals surface area contributed by atoms with Gasteiger partial charge in [0.25, 0.3) is 5.91 Å². The number of hydrogen-bond acceptors (Lipinski definition) is 4. The lowest BCUT2D eigenvalue weighted by Crippen LogP contribution is -2.50. The summed E-state index contributed by atoms with van der Waals surface area (Å²) in [4.78, 5) is 22.1. The van der Waals surface area contributed by atoms with Crippen molar-refractivity contribution in [2.45, 2.75) is 33.3 Å². The van der Waals surface area contributed by atoms with E-state index in [1.807, 2.05) is 36.1 Å². The number of aliphatic hydroxyl groups excluding tert-OH is 1. The van der Waals surface area contributed by atoms with Gasteiger partial charge in [-0.25, -0.2) is 0 Å². The average molecular weight is 341 g/mol. The summed E-state index contributed by atoms with van der Waals surface area (Å²) >= 11 is 0. The summed E-state index contributed by atoms with van der Waals surface area (Å²) in [6.45, 7) is 9.56. The van der Waals surface area contributed by atoms with Crippen LogP contribution in [-0.4, -0.2) is 64.6 Å². The van der Waals surface area contributed by atoms with E-state index in [1.165, 1.54) is 0 Å². The number of pyridine rings is 1. The lowest BCUT2D eigenvalue weighted by molar-refractivity contribution is 0.0555. The Morgan fingerprint density at radius 2 is 1.92 bits per heavy atom. The molecule has 3 rings (SSSR count). The third-order valence-electron chi connectivity index (χ3n) is 4.97. The van der Waals surface area contributed by atoms with Crippen LogP contribution in [0.3, 0.4) is 0 Å². The number of carbonyl (C=O) groups excluding carboxylic acids is 1. The molecule has 1 saturated heterocycles. The molecule has 25 heavy (non-hydrogen) atoms. The van der Waals surface area contributed by atoms with E-state index in [-0.39, 0.29) is 12.0 Å². The quantitative estimate of drug-likeness (QED) is 0.927. The van der Waals surface area contributed by atoms with Crippen molar-refractivity contribution in [2.75, 3.05) is 32.7 Å². The fourth-order valence-electron chi connectivity index (χ4n) is 3.64. The van der Waals surface area contributed by atoms with Crippen LogP contribution in [-0.2, 0) is 6.42 Å². The molecule has 134 valence electrons. The molecule has 1 aliphatic rings. The molecule has 5 heteroatoms. The van der Waals surface area contributed by atoms with Crippen molar-refractivity contribution in [3.05, 3.63) is 41.1 Å². The zero-order valence-electron chi connectivity index (χ0n) is 15.3. The topological polar surface area (TPSA) is 56.7 Å². The number of β-amino-alcohol motifs (C(OH)–C–C–N with tert-alkyl or cyclic N) is 1. The summed E-state index contributed by atoms with van der Waals surface area (Å²) in [6.07, 6.45) is 0.486. The van der Waals surface area contributed by atoms with E-state index < -0.39 is 0 Å². The highest BCUT2D eigenvalue weighted by Crippen LogP contribution is 2.25. The van der Waals surface area contributed by atoms with Crippen molar-refractivity contribution < 1.29 is 9.90 Å². The molecule has 0 unspecified atom stereocenters. The van der Waals surface area contributed by atoms with Crippen LogP contribution < -0.4 is 0 Å². The first-order valence-corrected chi connectivity index (χ1v) is 9.09. The first kappa shape index (κ1) is 17.8. The Labute approximate surface area is 149 Å². The number of amides is 1. The average Bonchev–Trinajstić information content (AvgIpc) is 2.61. The standard InChI is InChI=1S/C20H27N3O2/c1-4-17-15(3)19(16-7-5-6-8-18(16)21-17)20(25)23-11-9-22(10-12-23)13-14(2)24/h5-8,14,24H,4,9-13H2,1-3H3/t14-/m0/s1. The fourth-order valence-corrected chi connectivity index (χ4v) is 3.64. The second kappa shape index (κ2) is 7.50. The first-order valence-electron chi connectivity index (χ1n) is 9.09. The smallest absolute Gasteiger partial charge is 0.254 e. The number of para-hydroxylation sites is 1. The summed E-state index contributed by atoms with van der Waals surface area (Å²) < 4.78 is 0. The van der Waals surface area contributed by atoms with Crippen molar-refractivity contribution in [3.63, 3.8) is 0 Å².